The molecule has 0 atom stereocenters. The summed E-state index contributed by atoms with van der Waals surface area (Å²) in [6.45, 7) is -2.86. The number of para-hydroxylation sites is 1. The van der Waals surface area contributed by atoms with Crippen molar-refractivity contribution in [3.8, 4) is 5.75 Å². The minimum Gasteiger partial charge on any atom is -0.434 e. The Balaban J connectivity index is 1.49. The number of nitrogens with one attached hydrogen (secondary N) is 1. The molecule has 4 nitrogen and oxygen atoms in total. The molecular formula is C21H21F2NO3. The average molecular weight is 373 g/mol. The summed E-state index contributed by atoms with van der Waals surface area (Å²) in [4.78, 5) is 24.3. The third-order valence-electron chi connectivity index (χ3n) is 4.66. The number of carbonyl (C=O) groups is 2. The van der Waals surface area contributed by atoms with Crippen molar-refractivity contribution in [3.05, 3.63) is 64.7 Å². The van der Waals surface area contributed by atoms with E-state index in [1.807, 2.05) is 18.2 Å². The third kappa shape index (κ3) is 5.12. The molecule has 1 amide bonds. The largest absolute Gasteiger partial charge is 0.434 e. The number of carbonyl (C=O) groups excluding carboxylic acids is 2. The molecule has 1 aliphatic carbocycles. The number of ether oxygens (including phenoxy) is 1. The molecule has 0 aromatic heterocycles. The number of ketones is 1. The lowest BCUT2D eigenvalue weighted by atomic mass is 10.0. The van der Waals surface area contributed by atoms with Crippen LogP contribution < -0.4 is 10.1 Å². The van der Waals surface area contributed by atoms with Crippen LogP contribution in [-0.2, 0) is 24.2 Å². The van der Waals surface area contributed by atoms with Gasteiger partial charge in [0.1, 0.15) is 5.75 Å². The van der Waals surface area contributed by atoms with Gasteiger partial charge in [-0.2, -0.15) is 8.78 Å². The second-order valence-electron chi connectivity index (χ2n) is 6.52. The van der Waals surface area contributed by atoms with Crippen LogP contribution in [0.25, 0.3) is 0 Å². The van der Waals surface area contributed by atoms with Gasteiger partial charge in [-0.05, 0) is 42.5 Å². The van der Waals surface area contributed by atoms with Crippen LogP contribution in [0.15, 0.2) is 42.5 Å². The summed E-state index contributed by atoms with van der Waals surface area (Å²) in [5, 5.41) is 2.65. The van der Waals surface area contributed by atoms with E-state index >= 15 is 0 Å². The highest BCUT2D eigenvalue weighted by Crippen LogP contribution is 2.23. The molecule has 1 N–H and O–H groups in total. The molecule has 0 bridgehead atoms. The van der Waals surface area contributed by atoms with E-state index in [-0.39, 0.29) is 36.8 Å². The SMILES string of the molecule is O=C(CCC(=O)c1ccc2c(c1)CCC2)NCc1ccccc1OC(F)F. The summed E-state index contributed by atoms with van der Waals surface area (Å²) in [5.41, 5.74) is 3.62. The van der Waals surface area contributed by atoms with Crippen LogP contribution in [0.4, 0.5) is 8.78 Å². The van der Waals surface area contributed by atoms with Gasteiger partial charge in [-0.3, -0.25) is 9.59 Å². The number of aryl methyl sites for hydroxylation is 2. The maximum atomic E-state index is 12.4. The summed E-state index contributed by atoms with van der Waals surface area (Å²) < 4.78 is 29.2. The van der Waals surface area contributed by atoms with E-state index in [1.54, 1.807) is 18.2 Å². The molecule has 0 fully saturated rings. The van der Waals surface area contributed by atoms with Crippen molar-refractivity contribution in [2.75, 3.05) is 0 Å². The number of amides is 1. The molecule has 0 unspecified atom stereocenters. The normalized spacial score (nSPS) is 12.7. The first-order valence-electron chi connectivity index (χ1n) is 8.97. The molecule has 0 radical (unpaired) electrons. The van der Waals surface area contributed by atoms with E-state index in [0.717, 1.165) is 19.3 Å². The Hall–Kier alpha value is -2.76. The number of fused-ring (bicyclic) bond motifs is 1. The number of alkyl halides is 2. The van der Waals surface area contributed by atoms with E-state index in [9.17, 15) is 18.4 Å². The second kappa shape index (κ2) is 8.75. The monoisotopic (exact) mass is 373 g/mol. The fourth-order valence-corrected chi connectivity index (χ4v) is 3.26. The van der Waals surface area contributed by atoms with Crippen molar-refractivity contribution in [1.82, 2.24) is 5.32 Å². The molecule has 3 rings (SSSR count). The fraction of sp³-hybridized carbons (Fsp3) is 0.333. The van der Waals surface area contributed by atoms with E-state index in [4.69, 9.17) is 0 Å². The van der Waals surface area contributed by atoms with Crippen molar-refractivity contribution in [2.24, 2.45) is 0 Å². The molecule has 0 spiro atoms. The third-order valence-corrected chi connectivity index (χ3v) is 4.66. The lowest BCUT2D eigenvalue weighted by Gasteiger charge is -2.11. The van der Waals surface area contributed by atoms with E-state index in [2.05, 4.69) is 10.1 Å². The smallest absolute Gasteiger partial charge is 0.387 e. The second-order valence-corrected chi connectivity index (χ2v) is 6.52. The highest BCUT2D eigenvalue weighted by Gasteiger charge is 2.15. The van der Waals surface area contributed by atoms with Gasteiger partial charge in [0.15, 0.2) is 5.78 Å². The Kier molecular flexibility index (Phi) is 6.16. The number of benzene rings is 2. The van der Waals surface area contributed by atoms with Gasteiger partial charge < -0.3 is 10.1 Å². The molecule has 0 saturated carbocycles. The molecule has 2 aromatic rings. The van der Waals surface area contributed by atoms with Crippen LogP contribution in [0, 0.1) is 0 Å². The zero-order valence-corrected chi connectivity index (χ0v) is 14.8. The Morgan fingerprint density at radius 3 is 2.63 bits per heavy atom. The number of rotatable bonds is 8. The van der Waals surface area contributed by atoms with Crippen LogP contribution in [0.3, 0.4) is 0 Å². The first kappa shape index (κ1) is 19.0. The van der Waals surface area contributed by atoms with Crippen LogP contribution >= 0.6 is 0 Å². The van der Waals surface area contributed by atoms with Crippen molar-refractivity contribution >= 4 is 11.7 Å². The molecule has 0 saturated heterocycles. The highest BCUT2D eigenvalue weighted by atomic mass is 19.3. The van der Waals surface area contributed by atoms with Gasteiger partial charge in [-0.25, -0.2) is 0 Å². The molecule has 142 valence electrons. The van der Waals surface area contributed by atoms with Gasteiger partial charge in [0.2, 0.25) is 5.91 Å². The first-order valence-corrected chi connectivity index (χ1v) is 8.97. The zero-order chi connectivity index (χ0) is 19.2. The van der Waals surface area contributed by atoms with Gasteiger partial charge in [-0.1, -0.05) is 30.3 Å². The number of hydrogen-bond donors (Lipinski definition) is 1. The van der Waals surface area contributed by atoms with E-state index in [0.29, 0.717) is 11.1 Å². The predicted molar refractivity (Wildman–Crippen MR) is 97.0 cm³/mol. The maximum absolute atomic E-state index is 12.4. The van der Waals surface area contributed by atoms with Crippen LogP contribution in [0.2, 0.25) is 0 Å². The Morgan fingerprint density at radius 2 is 1.81 bits per heavy atom. The van der Waals surface area contributed by atoms with E-state index in [1.165, 1.54) is 17.2 Å². The molecule has 0 heterocycles. The highest BCUT2D eigenvalue weighted by molar-refractivity contribution is 5.98. The van der Waals surface area contributed by atoms with Crippen LogP contribution in [-0.4, -0.2) is 18.3 Å². The minimum absolute atomic E-state index is 0.0296. The van der Waals surface area contributed by atoms with Gasteiger partial charge >= 0.3 is 6.61 Å². The van der Waals surface area contributed by atoms with Gasteiger partial charge in [-0.15, -0.1) is 0 Å². The van der Waals surface area contributed by atoms with E-state index < -0.39 is 6.61 Å². The van der Waals surface area contributed by atoms with Crippen LogP contribution in [0.5, 0.6) is 5.75 Å². The molecule has 1 aliphatic rings. The Bertz CT molecular complexity index is 836. The predicted octanol–water partition coefficient (Wildman–Crippen LogP) is 4.06. The van der Waals surface area contributed by atoms with Gasteiger partial charge in [0, 0.05) is 30.5 Å². The summed E-state index contributed by atoms with van der Waals surface area (Å²) in [5.74, 6) is -0.348. The maximum Gasteiger partial charge on any atom is 0.387 e. The summed E-state index contributed by atoms with van der Waals surface area (Å²) in [7, 11) is 0. The molecule has 0 aliphatic heterocycles. The Morgan fingerprint density at radius 1 is 1.04 bits per heavy atom. The van der Waals surface area contributed by atoms with Crippen molar-refractivity contribution in [1.29, 1.82) is 0 Å². The zero-order valence-electron chi connectivity index (χ0n) is 14.8. The molecular weight excluding hydrogens is 352 g/mol. The molecule has 2 aromatic carbocycles. The van der Waals surface area contributed by atoms with Gasteiger partial charge in [0.25, 0.3) is 0 Å². The van der Waals surface area contributed by atoms with Crippen molar-refractivity contribution in [2.45, 2.75) is 45.3 Å². The quantitative estimate of drug-likeness (QED) is 0.710. The average Bonchev–Trinajstić information content (AvgIpc) is 3.12. The molecule has 27 heavy (non-hydrogen) atoms. The molecule has 6 heteroatoms. The van der Waals surface area contributed by atoms with Crippen molar-refractivity contribution < 1.29 is 23.1 Å². The minimum atomic E-state index is -2.92. The number of halogens is 2. The number of Topliss-reactive ketones (excluding diaryl/α,β-unsaturated/α-hetero) is 1. The van der Waals surface area contributed by atoms with Gasteiger partial charge in [0.05, 0.1) is 0 Å². The van der Waals surface area contributed by atoms with Crippen LogP contribution in [0.1, 0.15) is 46.3 Å². The summed E-state index contributed by atoms with van der Waals surface area (Å²) in [6, 6.07) is 12.0. The fourth-order valence-electron chi connectivity index (χ4n) is 3.26. The topological polar surface area (TPSA) is 55.4 Å². The standard InChI is InChI=1S/C21H21F2NO3/c22-21(23)27-19-7-2-1-4-17(19)13-24-20(26)11-10-18(25)16-9-8-14-5-3-6-15(14)12-16/h1-2,4,7-9,12,21H,3,5-6,10-11,13H2,(H,24,26). The first-order chi connectivity index (χ1) is 13.0. The summed E-state index contributed by atoms with van der Waals surface area (Å²) >= 11 is 0. The Labute approximate surface area is 156 Å². The van der Waals surface area contributed by atoms with Crippen molar-refractivity contribution in [3.63, 3.8) is 0 Å². The lowest BCUT2D eigenvalue weighted by Crippen LogP contribution is -2.23. The number of hydrogen-bond acceptors (Lipinski definition) is 3. The lowest BCUT2D eigenvalue weighted by molar-refractivity contribution is -0.121. The summed E-state index contributed by atoms with van der Waals surface area (Å²) in [6.07, 6.45) is 3.33.